The van der Waals surface area contributed by atoms with Crippen LogP contribution in [0.1, 0.15) is 31.2 Å². The molecule has 11 heteroatoms. The molecule has 1 aliphatic heterocycles. The molecule has 1 amide bonds. The number of rotatable bonds is 7. The summed E-state index contributed by atoms with van der Waals surface area (Å²) in [5, 5.41) is 9.36. The van der Waals surface area contributed by atoms with Crippen LogP contribution < -0.4 is 20.9 Å². The standard InChI is InChI=1S/C23H33FN8O.ClH/c1-25-21-28-22(30-23(29-21)32-13-11-31(2)12-14-32)27-18-9-7-16(8-10-18)20(33)26-15-17-5-3-4-6-19(17)24;/h3-6,16,18H,7-15H2,1-2H3,(H,26,33)(H2,25,27,28,29,30);1H/t16-,18+;. The third-order valence-corrected chi connectivity index (χ3v) is 6.48. The fourth-order valence-corrected chi connectivity index (χ4v) is 4.34. The largest absolute Gasteiger partial charge is 0.357 e. The van der Waals surface area contributed by atoms with Crippen LogP contribution in [0.5, 0.6) is 0 Å². The zero-order valence-electron chi connectivity index (χ0n) is 19.8. The number of amides is 1. The van der Waals surface area contributed by atoms with Gasteiger partial charge in [0.25, 0.3) is 0 Å². The molecule has 1 aromatic carbocycles. The zero-order chi connectivity index (χ0) is 23.2. The molecule has 0 radical (unpaired) electrons. The number of hydrogen-bond acceptors (Lipinski definition) is 8. The summed E-state index contributed by atoms with van der Waals surface area (Å²) >= 11 is 0. The van der Waals surface area contributed by atoms with Gasteiger partial charge >= 0.3 is 0 Å². The number of piperazine rings is 1. The second-order valence-corrected chi connectivity index (χ2v) is 8.83. The first-order chi connectivity index (χ1) is 16.0. The van der Waals surface area contributed by atoms with Gasteiger partial charge in [0, 0.05) is 57.3 Å². The summed E-state index contributed by atoms with van der Waals surface area (Å²) in [5.74, 6) is 1.44. The maximum Gasteiger partial charge on any atom is 0.232 e. The van der Waals surface area contributed by atoms with Gasteiger partial charge in [-0.3, -0.25) is 4.79 Å². The molecule has 0 bridgehead atoms. The average Bonchev–Trinajstić information content (AvgIpc) is 2.84. The Hall–Kier alpha value is -2.72. The second-order valence-electron chi connectivity index (χ2n) is 8.83. The van der Waals surface area contributed by atoms with Crippen LogP contribution in [0.3, 0.4) is 0 Å². The lowest BCUT2D eigenvalue weighted by Gasteiger charge is -2.33. The van der Waals surface area contributed by atoms with Crippen molar-refractivity contribution in [2.45, 2.75) is 38.3 Å². The number of nitrogens with one attached hydrogen (secondary N) is 3. The van der Waals surface area contributed by atoms with Gasteiger partial charge in [-0.15, -0.1) is 12.4 Å². The van der Waals surface area contributed by atoms with Gasteiger partial charge in [0.2, 0.25) is 23.8 Å². The van der Waals surface area contributed by atoms with E-state index in [2.05, 4.69) is 47.7 Å². The van der Waals surface area contributed by atoms with E-state index in [0.29, 0.717) is 23.4 Å². The molecule has 3 N–H and O–H groups in total. The fraction of sp³-hybridized carbons (Fsp3) is 0.565. The highest BCUT2D eigenvalue weighted by atomic mass is 35.5. The van der Waals surface area contributed by atoms with Crippen LogP contribution in [-0.2, 0) is 11.3 Å². The molecule has 34 heavy (non-hydrogen) atoms. The summed E-state index contributed by atoms with van der Waals surface area (Å²) in [6.45, 7) is 3.95. The Kier molecular flexibility index (Phi) is 9.23. The van der Waals surface area contributed by atoms with Gasteiger partial charge in [0.1, 0.15) is 5.82 Å². The lowest BCUT2D eigenvalue weighted by molar-refractivity contribution is -0.126. The maximum absolute atomic E-state index is 13.8. The number of carbonyl (C=O) groups excluding carboxylic acids is 1. The molecule has 1 saturated heterocycles. The van der Waals surface area contributed by atoms with E-state index in [4.69, 9.17) is 0 Å². The van der Waals surface area contributed by atoms with Crippen molar-refractivity contribution in [1.82, 2.24) is 25.2 Å². The highest BCUT2D eigenvalue weighted by molar-refractivity contribution is 5.85. The predicted molar refractivity (Wildman–Crippen MR) is 134 cm³/mol. The zero-order valence-corrected chi connectivity index (χ0v) is 20.6. The molecule has 1 aliphatic carbocycles. The van der Waals surface area contributed by atoms with Gasteiger partial charge in [0.05, 0.1) is 0 Å². The van der Waals surface area contributed by atoms with Gasteiger partial charge in [-0.2, -0.15) is 15.0 Å². The Morgan fingerprint density at radius 2 is 1.71 bits per heavy atom. The molecule has 2 fully saturated rings. The average molecular weight is 493 g/mol. The molecule has 0 atom stereocenters. The van der Waals surface area contributed by atoms with E-state index < -0.39 is 0 Å². The van der Waals surface area contributed by atoms with Crippen LogP contribution in [0, 0.1) is 11.7 Å². The van der Waals surface area contributed by atoms with E-state index in [-0.39, 0.29) is 42.6 Å². The first kappa shape index (κ1) is 25.9. The topological polar surface area (TPSA) is 98.3 Å². The SMILES string of the molecule is CNc1nc(N[C@H]2CC[C@@H](C(=O)NCc3ccccc3F)CC2)nc(N2CCN(C)CC2)n1.Cl. The van der Waals surface area contributed by atoms with Crippen LogP contribution in [0.2, 0.25) is 0 Å². The number of benzene rings is 1. The molecule has 2 heterocycles. The summed E-state index contributed by atoms with van der Waals surface area (Å²) in [5.41, 5.74) is 0.507. The second kappa shape index (κ2) is 12.1. The van der Waals surface area contributed by atoms with Gasteiger partial charge in [0.15, 0.2) is 0 Å². The normalized spacial score (nSPS) is 20.9. The molecular formula is C23H34ClFN8O. The van der Waals surface area contributed by atoms with E-state index >= 15 is 0 Å². The van der Waals surface area contributed by atoms with Crippen molar-refractivity contribution < 1.29 is 9.18 Å². The Bertz CT molecular complexity index is 948. The van der Waals surface area contributed by atoms with Crippen molar-refractivity contribution in [2.75, 3.05) is 55.8 Å². The highest BCUT2D eigenvalue weighted by Crippen LogP contribution is 2.27. The molecule has 186 valence electrons. The molecule has 2 aliphatic rings. The molecule has 1 aromatic heterocycles. The minimum absolute atomic E-state index is 0. The van der Waals surface area contributed by atoms with Crippen molar-refractivity contribution in [3.63, 3.8) is 0 Å². The number of aromatic nitrogens is 3. The van der Waals surface area contributed by atoms with E-state index in [0.717, 1.165) is 51.9 Å². The van der Waals surface area contributed by atoms with Crippen molar-refractivity contribution in [2.24, 2.45) is 5.92 Å². The fourth-order valence-electron chi connectivity index (χ4n) is 4.34. The number of halogens is 2. The van der Waals surface area contributed by atoms with Crippen LogP contribution in [0.4, 0.5) is 22.2 Å². The quantitative estimate of drug-likeness (QED) is 0.542. The predicted octanol–water partition coefficient (Wildman–Crippen LogP) is 2.51. The number of likely N-dealkylation sites (N-methyl/N-ethyl adjacent to an activating group) is 1. The number of anilines is 3. The lowest BCUT2D eigenvalue weighted by atomic mass is 9.85. The third kappa shape index (κ3) is 6.66. The van der Waals surface area contributed by atoms with Crippen molar-refractivity contribution in [3.8, 4) is 0 Å². The van der Waals surface area contributed by atoms with Gasteiger partial charge in [-0.25, -0.2) is 4.39 Å². The van der Waals surface area contributed by atoms with Gasteiger partial charge < -0.3 is 25.8 Å². The van der Waals surface area contributed by atoms with Crippen molar-refractivity contribution >= 4 is 36.2 Å². The molecule has 1 saturated carbocycles. The minimum atomic E-state index is -0.292. The third-order valence-electron chi connectivity index (χ3n) is 6.48. The lowest BCUT2D eigenvalue weighted by Crippen LogP contribution is -2.45. The van der Waals surface area contributed by atoms with E-state index in [9.17, 15) is 9.18 Å². The van der Waals surface area contributed by atoms with Crippen LogP contribution in [0.25, 0.3) is 0 Å². The van der Waals surface area contributed by atoms with E-state index in [1.54, 1.807) is 25.2 Å². The highest BCUT2D eigenvalue weighted by Gasteiger charge is 2.27. The first-order valence-corrected chi connectivity index (χ1v) is 11.7. The number of carbonyl (C=O) groups is 1. The molecule has 4 rings (SSSR count). The first-order valence-electron chi connectivity index (χ1n) is 11.7. The number of nitrogens with zero attached hydrogens (tertiary/aromatic N) is 5. The van der Waals surface area contributed by atoms with Crippen molar-refractivity contribution in [3.05, 3.63) is 35.6 Å². The van der Waals surface area contributed by atoms with Crippen molar-refractivity contribution in [1.29, 1.82) is 0 Å². The smallest absolute Gasteiger partial charge is 0.232 e. The van der Waals surface area contributed by atoms with Crippen LogP contribution in [-0.4, -0.2) is 72.1 Å². The van der Waals surface area contributed by atoms with E-state index in [1.165, 1.54) is 6.07 Å². The summed E-state index contributed by atoms with van der Waals surface area (Å²) in [6, 6.07) is 6.73. The van der Waals surface area contributed by atoms with Gasteiger partial charge in [-0.05, 0) is 38.8 Å². The number of hydrogen-bond donors (Lipinski definition) is 3. The van der Waals surface area contributed by atoms with E-state index in [1.807, 2.05) is 0 Å². The monoisotopic (exact) mass is 492 g/mol. The molecule has 9 nitrogen and oxygen atoms in total. The Morgan fingerprint density at radius 1 is 1.03 bits per heavy atom. The summed E-state index contributed by atoms with van der Waals surface area (Å²) < 4.78 is 13.8. The van der Waals surface area contributed by atoms with Crippen LogP contribution >= 0.6 is 12.4 Å². The summed E-state index contributed by atoms with van der Waals surface area (Å²) in [4.78, 5) is 30.7. The van der Waals surface area contributed by atoms with Crippen LogP contribution in [0.15, 0.2) is 24.3 Å². The molecule has 2 aromatic rings. The molecular weight excluding hydrogens is 459 g/mol. The van der Waals surface area contributed by atoms with Gasteiger partial charge in [-0.1, -0.05) is 18.2 Å². The Balaban J connectivity index is 0.00000324. The maximum atomic E-state index is 13.8. The summed E-state index contributed by atoms with van der Waals surface area (Å²) in [7, 11) is 3.92. The molecule has 0 unspecified atom stereocenters. The Labute approximate surface area is 206 Å². The Morgan fingerprint density at radius 3 is 2.38 bits per heavy atom. The minimum Gasteiger partial charge on any atom is -0.357 e. The summed E-state index contributed by atoms with van der Waals surface area (Å²) in [6.07, 6.45) is 3.25. The molecule has 0 spiro atoms.